The van der Waals surface area contributed by atoms with Crippen molar-refractivity contribution in [2.45, 2.75) is 13.2 Å². The molecule has 1 N–H and O–H groups in total. The lowest BCUT2D eigenvalue weighted by atomic mass is 10.1. The fourth-order valence-electron chi connectivity index (χ4n) is 2.85. The topological polar surface area (TPSA) is 101 Å². The summed E-state index contributed by atoms with van der Waals surface area (Å²) in [6.45, 7) is 0.347. The van der Waals surface area contributed by atoms with Crippen LogP contribution in [0, 0.1) is 0 Å². The molecule has 30 heavy (non-hydrogen) atoms. The minimum absolute atomic E-state index is 0.0216. The number of carbonyl (C=O) groups excluding carboxylic acids is 1. The van der Waals surface area contributed by atoms with Crippen LogP contribution < -0.4 is 10.5 Å². The first-order chi connectivity index (χ1) is 14.6. The quantitative estimate of drug-likeness (QED) is 0.490. The Kier molecular flexibility index (Phi) is 5.71. The van der Waals surface area contributed by atoms with Gasteiger partial charge in [0.15, 0.2) is 5.82 Å². The molecule has 2 heterocycles. The molecule has 0 aliphatic carbocycles. The van der Waals surface area contributed by atoms with Crippen molar-refractivity contribution in [3.05, 3.63) is 87.6 Å². The Bertz CT molecular complexity index is 1200. The number of nitrogens with zero attached hydrogens (tertiary/aromatic N) is 3. The van der Waals surface area contributed by atoms with E-state index in [0.717, 1.165) is 16.3 Å². The van der Waals surface area contributed by atoms with Gasteiger partial charge in [-0.2, -0.15) is 0 Å². The summed E-state index contributed by atoms with van der Waals surface area (Å²) in [7, 11) is 1.72. The number of ether oxygens (including phenoxy) is 1. The minimum atomic E-state index is -0.657. The molecule has 0 aliphatic heterocycles. The van der Waals surface area contributed by atoms with Crippen LogP contribution in [0.25, 0.3) is 10.6 Å². The van der Waals surface area contributed by atoms with E-state index < -0.39 is 5.76 Å². The summed E-state index contributed by atoms with van der Waals surface area (Å²) < 4.78 is 10.1. The van der Waals surface area contributed by atoms with Crippen molar-refractivity contribution in [1.29, 1.82) is 0 Å². The van der Waals surface area contributed by atoms with E-state index in [-0.39, 0.29) is 18.3 Å². The summed E-state index contributed by atoms with van der Waals surface area (Å²) in [6, 6.07) is 16.8. The molecule has 0 spiro atoms. The third-order valence-electron chi connectivity index (χ3n) is 4.29. The fourth-order valence-corrected chi connectivity index (χ4v) is 3.67. The largest absolute Gasteiger partial charge is 0.485 e. The van der Waals surface area contributed by atoms with E-state index in [9.17, 15) is 9.59 Å². The van der Waals surface area contributed by atoms with Crippen molar-refractivity contribution in [2.75, 3.05) is 7.05 Å². The Balaban J connectivity index is 1.45. The number of thiazole rings is 1. The SMILES string of the molecule is CN(Cc1csc(-c2ccccc2)n1)C(=O)c1ccccc1OCc1noc(=O)[nH]1. The zero-order valence-corrected chi connectivity index (χ0v) is 16.9. The van der Waals surface area contributed by atoms with Gasteiger partial charge in [0.1, 0.15) is 17.4 Å². The molecule has 0 saturated heterocycles. The molecule has 2 aromatic carbocycles. The number of amides is 1. The van der Waals surface area contributed by atoms with E-state index in [0.29, 0.717) is 17.9 Å². The number of para-hydroxylation sites is 1. The van der Waals surface area contributed by atoms with Gasteiger partial charge in [-0.15, -0.1) is 11.3 Å². The predicted octanol–water partition coefficient (Wildman–Crippen LogP) is 3.34. The van der Waals surface area contributed by atoms with Crippen molar-refractivity contribution >= 4 is 17.2 Å². The van der Waals surface area contributed by atoms with Gasteiger partial charge < -0.3 is 9.64 Å². The number of H-pyrrole nitrogens is 1. The highest BCUT2D eigenvalue weighted by atomic mass is 32.1. The summed E-state index contributed by atoms with van der Waals surface area (Å²) in [5.74, 6) is -0.225. The average molecular weight is 422 g/mol. The van der Waals surface area contributed by atoms with Gasteiger partial charge in [-0.25, -0.2) is 9.78 Å². The first-order valence-electron chi connectivity index (χ1n) is 9.12. The van der Waals surface area contributed by atoms with E-state index in [1.165, 1.54) is 0 Å². The Hall–Kier alpha value is -3.72. The molecule has 4 aromatic rings. The zero-order valence-electron chi connectivity index (χ0n) is 16.1. The first-order valence-corrected chi connectivity index (χ1v) is 10.00. The normalized spacial score (nSPS) is 10.7. The second-order valence-electron chi connectivity index (χ2n) is 6.50. The molecule has 0 bridgehead atoms. The van der Waals surface area contributed by atoms with E-state index in [4.69, 9.17) is 4.74 Å². The molecule has 8 nitrogen and oxygen atoms in total. The molecular weight excluding hydrogens is 404 g/mol. The predicted molar refractivity (Wildman–Crippen MR) is 111 cm³/mol. The number of aromatic amines is 1. The molecule has 0 unspecified atom stereocenters. The van der Waals surface area contributed by atoms with Crippen LogP contribution in [0.4, 0.5) is 0 Å². The Morgan fingerprint density at radius 2 is 1.93 bits per heavy atom. The van der Waals surface area contributed by atoms with Crippen molar-refractivity contribution < 1.29 is 14.1 Å². The van der Waals surface area contributed by atoms with Crippen molar-refractivity contribution in [3.8, 4) is 16.3 Å². The lowest BCUT2D eigenvalue weighted by molar-refractivity contribution is 0.0778. The highest BCUT2D eigenvalue weighted by molar-refractivity contribution is 7.13. The summed E-state index contributed by atoms with van der Waals surface area (Å²) in [4.78, 5) is 32.6. The lowest BCUT2D eigenvalue weighted by Gasteiger charge is -2.18. The molecule has 152 valence electrons. The highest BCUT2D eigenvalue weighted by Crippen LogP contribution is 2.25. The third kappa shape index (κ3) is 4.47. The van der Waals surface area contributed by atoms with Gasteiger partial charge in [-0.05, 0) is 12.1 Å². The van der Waals surface area contributed by atoms with Crippen molar-refractivity contribution in [1.82, 2.24) is 20.0 Å². The van der Waals surface area contributed by atoms with Crippen LogP contribution in [-0.2, 0) is 13.2 Å². The molecule has 9 heteroatoms. The molecule has 0 atom stereocenters. The van der Waals surface area contributed by atoms with Gasteiger partial charge in [-0.3, -0.25) is 14.3 Å². The number of benzene rings is 2. The number of hydrogen-bond donors (Lipinski definition) is 1. The third-order valence-corrected chi connectivity index (χ3v) is 5.23. The summed E-state index contributed by atoms with van der Waals surface area (Å²) in [5.41, 5.74) is 2.27. The molecule has 0 aliphatic rings. The van der Waals surface area contributed by atoms with Gasteiger partial charge in [0, 0.05) is 18.0 Å². The van der Waals surface area contributed by atoms with Gasteiger partial charge in [0.05, 0.1) is 17.8 Å². The number of aromatic nitrogens is 3. The lowest BCUT2D eigenvalue weighted by Crippen LogP contribution is -2.26. The number of hydrogen-bond acceptors (Lipinski definition) is 7. The second kappa shape index (κ2) is 8.75. The Morgan fingerprint density at radius 1 is 1.17 bits per heavy atom. The van der Waals surface area contributed by atoms with Crippen LogP contribution in [0.3, 0.4) is 0 Å². The average Bonchev–Trinajstić information content (AvgIpc) is 3.41. The molecule has 0 radical (unpaired) electrons. The van der Waals surface area contributed by atoms with Crippen LogP contribution in [0.5, 0.6) is 5.75 Å². The number of carbonyl (C=O) groups is 1. The van der Waals surface area contributed by atoms with Crippen LogP contribution in [0.15, 0.2) is 69.3 Å². The maximum absolute atomic E-state index is 13.0. The molecule has 1 amide bonds. The van der Waals surface area contributed by atoms with E-state index in [1.807, 2.05) is 35.7 Å². The monoisotopic (exact) mass is 422 g/mol. The van der Waals surface area contributed by atoms with E-state index >= 15 is 0 Å². The van der Waals surface area contributed by atoms with Crippen LogP contribution in [0.1, 0.15) is 21.9 Å². The summed E-state index contributed by atoms with van der Waals surface area (Å²) >= 11 is 1.54. The fraction of sp³-hybridized carbons (Fsp3) is 0.143. The minimum Gasteiger partial charge on any atom is -0.485 e. The van der Waals surface area contributed by atoms with Crippen LogP contribution in [0.2, 0.25) is 0 Å². The van der Waals surface area contributed by atoms with Gasteiger partial charge >= 0.3 is 5.76 Å². The molecule has 0 saturated carbocycles. The molecule has 2 aromatic heterocycles. The number of rotatable bonds is 7. The van der Waals surface area contributed by atoms with Gasteiger partial charge in [-0.1, -0.05) is 47.6 Å². The van der Waals surface area contributed by atoms with Crippen molar-refractivity contribution in [3.63, 3.8) is 0 Å². The van der Waals surface area contributed by atoms with E-state index in [1.54, 1.807) is 47.5 Å². The first kappa shape index (κ1) is 19.6. The molecular formula is C21H18N4O4S. The number of nitrogens with one attached hydrogen (secondary N) is 1. The maximum atomic E-state index is 13.0. The van der Waals surface area contributed by atoms with E-state index in [2.05, 4.69) is 19.6 Å². The van der Waals surface area contributed by atoms with Crippen LogP contribution in [-0.4, -0.2) is 33.0 Å². The van der Waals surface area contributed by atoms with Gasteiger partial charge in [0.25, 0.3) is 5.91 Å². The smallest absolute Gasteiger partial charge is 0.439 e. The van der Waals surface area contributed by atoms with Crippen LogP contribution >= 0.6 is 11.3 Å². The Morgan fingerprint density at radius 3 is 2.70 bits per heavy atom. The molecule has 4 rings (SSSR count). The van der Waals surface area contributed by atoms with Gasteiger partial charge in [0.2, 0.25) is 0 Å². The summed E-state index contributed by atoms with van der Waals surface area (Å²) in [6.07, 6.45) is 0. The summed E-state index contributed by atoms with van der Waals surface area (Å²) in [5, 5.41) is 6.42. The molecule has 0 fully saturated rings. The Labute approximate surface area is 175 Å². The second-order valence-corrected chi connectivity index (χ2v) is 7.36. The maximum Gasteiger partial charge on any atom is 0.439 e. The van der Waals surface area contributed by atoms with Crippen molar-refractivity contribution in [2.24, 2.45) is 0 Å². The standard InChI is InChI=1S/C21H18N4O4S/c1-25(11-15-13-30-19(22-15)14-7-3-2-4-8-14)20(26)16-9-5-6-10-17(16)28-12-18-23-21(27)29-24-18/h2-10,13H,11-12H2,1H3,(H,23,24,27). The highest BCUT2D eigenvalue weighted by Gasteiger charge is 2.18. The zero-order chi connectivity index (χ0) is 20.9.